The van der Waals surface area contributed by atoms with Gasteiger partial charge in [-0.15, -0.1) is 0 Å². The summed E-state index contributed by atoms with van der Waals surface area (Å²) in [6.45, 7) is 4.11. The van der Waals surface area contributed by atoms with E-state index in [0.29, 0.717) is 16.9 Å². The van der Waals surface area contributed by atoms with Crippen molar-refractivity contribution in [2.45, 2.75) is 25.0 Å². The van der Waals surface area contributed by atoms with E-state index in [4.69, 9.17) is 0 Å². The maximum atomic E-state index is 11.5. The zero-order valence-electron chi connectivity index (χ0n) is 10.4. The predicted molar refractivity (Wildman–Crippen MR) is 76.5 cm³/mol. The smallest absolute Gasteiger partial charge is 0.252 e. The second-order valence-electron chi connectivity index (χ2n) is 3.97. The summed E-state index contributed by atoms with van der Waals surface area (Å²) in [6, 6.07) is 1.82. The van der Waals surface area contributed by atoms with E-state index in [2.05, 4.69) is 34.1 Å². The molecule has 2 aromatic heterocycles. The lowest BCUT2D eigenvalue weighted by atomic mass is 10.4. The van der Waals surface area contributed by atoms with Crippen molar-refractivity contribution in [1.29, 1.82) is 0 Å². The van der Waals surface area contributed by atoms with Gasteiger partial charge in [-0.05, 0) is 20.1 Å². The van der Waals surface area contributed by atoms with Gasteiger partial charge in [-0.25, -0.2) is 9.97 Å². The molecule has 0 saturated heterocycles. The Bertz CT molecular complexity index is 591. The van der Waals surface area contributed by atoms with Gasteiger partial charge in [-0.1, -0.05) is 23.1 Å². The number of aromatic nitrogens is 3. The predicted octanol–water partition coefficient (Wildman–Crippen LogP) is 2.44. The van der Waals surface area contributed by atoms with Crippen molar-refractivity contribution >= 4 is 28.2 Å². The van der Waals surface area contributed by atoms with E-state index in [0.717, 1.165) is 10.0 Å². The lowest BCUT2D eigenvalue weighted by molar-refractivity contribution is 0.896. The lowest BCUT2D eigenvalue weighted by Crippen LogP contribution is -2.08. The molecule has 0 unspecified atom stereocenters. The molecule has 0 aliphatic rings. The first-order valence-electron chi connectivity index (χ1n) is 5.46. The van der Waals surface area contributed by atoms with Crippen molar-refractivity contribution < 1.29 is 0 Å². The molecule has 0 spiro atoms. The van der Waals surface area contributed by atoms with Gasteiger partial charge >= 0.3 is 0 Å². The largest absolute Gasteiger partial charge is 0.359 e. The highest BCUT2D eigenvalue weighted by Gasteiger charge is 2.08. The van der Waals surface area contributed by atoms with Crippen LogP contribution in [0, 0.1) is 0 Å². The highest BCUT2D eigenvalue weighted by molar-refractivity contribution is 7.98. The van der Waals surface area contributed by atoms with Crippen molar-refractivity contribution in [3.63, 3.8) is 0 Å². The molecule has 5 nitrogen and oxygen atoms in total. The third-order valence-electron chi connectivity index (χ3n) is 2.08. The lowest BCUT2D eigenvalue weighted by Gasteiger charge is -2.04. The van der Waals surface area contributed by atoms with Gasteiger partial charge in [0.2, 0.25) is 0 Å². The quantitative estimate of drug-likeness (QED) is 0.666. The van der Waals surface area contributed by atoms with Crippen LogP contribution in [0.2, 0.25) is 0 Å². The van der Waals surface area contributed by atoms with Crippen molar-refractivity contribution in [2.24, 2.45) is 0 Å². The van der Waals surface area contributed by atoms with Gasteiger partial charge in [0, 0.05) is 18.3 Å². The summed E-state index contributed by atoms with van der Waals surface area (Å²) in [7, 11) is 0. The summed E-state index contributed by atoms with van der Waals surface area (Å²) >= 11 is 2.91. The molecule has 7 heteroatoms. The summed E-state index contributed by atoms with van der Waals surface area (Å²) in [5.41, 5.74) is 0.522. The van der Waals surface area contributed by atoms with Crippen molar-refractivity contribution in [3.8, 4) is 10.6 Å². The first-order valence-corrected chi connectivity index (χ1v) is 7.50. The number of nitrogens with one attached hydrogen (secondary N) is 2. The molecular formula is C11H14N4OS2. The third-order valence-corrected chi connectivity index (χ3v) is 3.61. The molecule has 0 aliphatic carbocycles. The minimum absolute atomic E-state index is 0.142. The molecule has 18 heavy (non-hydrogen) atoms. The van der Waals surface area contributed by atoms with Gasteiger partial charge in [0.25, 0.3) is 5.56 Å². The molecule has 2 aromatic rings. The average Bonchev–Trinajstić information content (AvgIpc) is 2.75. The maximum absolute atomic E-state index is 11.5. The SMILES string of the molecule is CSc1nc(-c2cnc(NC(C)C)s2)cc(=O)[nH]1. The van der Waals surface area contributed by atoms with Crippen molar-refractivity contribution in [3.05, 3.63) is 22.6 Å². The molecule has 0 aromatic carbocycles. The van der Waals surface area contributed by atoms with Crippen LogP contribution in [0.15, 0.2) is 22.2 Å². The molecule has 0 radical (unpaired) electrons. The molecule has 96 valence electrons. The number of thiazole rings is 1. The number of aromatic amines is 1. The molecule has 2 N–H and O–H groups in total. The first kappa shape index (κ1) is 13.1. The van der Waals surface area contributed by atoms with Crippen LogP contribution in [-0.4, -0.2) is 27.2 Å². The number of rotatable bonds is 4. The molecule has 0 atom stereocenters. The van der Waals surface area contributed by atoms with Crippen LogP contribution >= 0.6 is 23.1 Å². The second-order valence-corrected chi connectivity index (χ2v) is 5.79. The average molecular weight is 282 g/mol. The van der Waals surface area contributed by atoms with Crippen molar-refractivity contribution in [1.82, 2.24) is 15.0 Å². The number of H-pyrrole nitrogens is 1. The highest BCUT2D eigenvalue weighted by atomic mass is 32.2. The normalized spacial score (nSPS) is 10.9. The van der Waals surface area contributed by atoms with E-state index >= 15 is 0 Å². The van der Waals surface area contributed by atoms with E-state index in [1.165, 1.54) is 29.2 Å². The summed E-state index contributed by atoms with van der Waals surface area (Å²) in [5.74, 6) is 0. The van der Waals surface area contributed by atoms with Gasteiger partial charge in [0.15, 0.2) is 10.3 Å². The minimum atomic E-state index is -0.142. The Hall–Kier alpha value is -1.34. The van der Waals surface area contributed by atoms with Crippen LogP contribution in [0.1, 0.15) is 13.8 Å². The van der Waals surface area contributed by atoms with E-state index < -0.39 is 0 Å². The summed E-state index contributed by atoms with van der Waals surface area (Å²) in [4.78, 5) is 23.7. The fourth-order valence-corrected chi connectivity index (χ4v) is 2.68. The van der Waals surface area contributed by atoms with E-state index in [9.17, 15) is 4.79 Å². The second kappa shape index (κ2) is 5.53. The van der Waals surface area contributed by atoms with Gasteiger partial charge in [0.1, 0.15) is 0 Å². The van der Waals surface area contributed by atoms with E-state index in [-0.39, 0.29) is 5.56 Å². The Balaban J connectivity index is 2.33. The zero-order chi connectivity index (χ0) is 13.1. The topological polar surface area (TPSA) is 70.7 Å². The van der Waals surface area contributed by atoms with Gasteiger partial charge < -0.3 is 10.3 Å². The van der Waals surface area contributed by atoms with E-state index in [1.807, 2.05) is 6.26 Å². The van der Waals surface area contributed by atoms with Gasteiger partial charge in [0.05, 0.1) is 10.6 Å². The molecular weight excluding hydrogens is 268 g/mol. The molecule has 2 rings (SSSR count). The molecule has 2 heterocycles. The summed E-state index contributed by atoms with van der Waals surface area (Å²) in [5, 5.41) is 4.68. The number of nitrogens with zero attached hydrogens (tertiary/aromatic N) is 2. The fourth-order valence-electron chi connectivity index (χ4n) is 1.36. The Morgan fingerprint density at radius 1 is 1.50 bits per heavy atom. The zero-order valence-corrected chi connectivity index (χ0v) is 12.0. The van der Waals surface area contributed by atoms with Gasteiger partial charge in [-0.3, -0.25) is 4.79 Å². The number of hydrogen-bond acceptors (Lipinski definition) is 6. The van der Waals surface area contributed by atoms with Crippen LogP contribution in [-0.2, 0) is 0 Å². The van der Waals surface area contributed by atoms with Crippen LogP contribution in [0.3, 0.4) is 0 Å². The van der Waals surface area contributed by atoms with Gasteiger partial charge in [-0.2, -0.15) is 0 Å². The maximum Gasteiger partial charge on any atom is 0.252 e. The third kappa shape index (κ3) is 3.11. The molecule has 0 aliphatic heterocycles. The molecule has 0 saturated carbocycles. The molecule has 0 bridgehead atoms. The Kier molecular flexibility index (Phi) is 4.03. The minimum Gasteiger partial charge on any atom is -0.359 e. The summed E-state index contributed by atoms with van der Waals surface area (Å²) in [6.07, 6.45) is 3.61. The molecule has 0 amide bonds. The summed E-state index contributed by atoms with van der Waals surface area (Å²) < 4.78 is 0. The fraction of sp³-hybridized carbons (Fsp3) is 0.364. The molecule has 0 fully saturated rings. The first-order chi connectivity index (χ1) is 8.58. The van der Waals surface area contributed by atoms with Crippen molar-refractivity contribution in [2.75, 3.05) is 11.6 Å². The van der Waals surface area contributed by atoms with Crippen LogP contribution in [0.25, 0.3) is 10.6 Å². The van der Waals surface area contributed by atoms with Crippen LogP contribution in [0.4, 0.5) is 5.13 Å². The Morgan fingerprint density at radius 3 is 2.94 bits per heavy atom. The standard InChI is InChI=1S/C11H14N4OS2/c1-6(2)13-10-12-5-8(18-10)7-4-9(16)15-11(14-7)17-3/h4-6H,1-3H3,(H,12,13)(H,14,15,16). The Morgan fingerprint density at radius 2 is 2.28 bits per heavy atom. The number of thioether (sulfide) groups is 1. The van der Waals surface area contributed by atoms with E-state index in [1.54, 1.807) is 6.20 Å². The monoisotopic (exact) mass is 282 g/mol. The van der Waals surface area contributed by atoms with Crippen LogP contribution in [0.5, 0.6) is 0 Å². The van der Waals surface area contributed by atoms with Crippen LogP contribution < -0.4 is 10.9 Å². The Labute approximate surface area is 113 Å². The number of hydrogen-bond donors (Lipinski definition) is 2. The highest BCUT2D eigenvalue weighted by Crippen LogP contribution is 2.27. The number of anilines is 1.